The van der Waals surface area contributed by atoms with Crippen molar-refractivity contribution in [2.75, 3.05) is 18.6 Å². The smallest absolute Gasteiger partial charge is 0.147 e. The molecular formula is C14H21BrClNO2S. The Bertz CT molecular complexity index is 534. The van der Waals surface area contributed by atoms with Gasteiger partial charge < -0.3 is 5.32 Å². The molecule has 0 fully saturated rings. The van der Waals surface area contributed by atoms with Gasteiger partial charge in [-0.1, -0.05) is 24.6 Å². The summed E-state index contributed by atoms with van der Waals surface area (Å²) in [6.07, 6.45) is 3.76. The van der Waals surface area contributed by atoms with Gasteiger partial charge in [-0.15, -0.1) is 0 Å². The van der Waals surface area contributed by atoms with Crippen LogP contribution in [0.1, 0.15) is 37.8 Å². The largest absolute Gasteiger partial charge is 0.310 e. The minimum absolute atomic E-state index is 0.158. The predicted octanol–water partition coefficient (Wildman–Crippen LogP) is 3.97. The summed E-state index contributed by atoms with van der Waals surface area (Å²) in [6.45, 7) is 3.02. The number of benzene rings is 1. The Balaban J connectivity index is 2.74. The monoisotopic (exact) mass is 381 g/mol. The molecule has 0 amide bonds. The number of halogens is 2. The number of hydrogen-bond donors (Lipinski definition) is 1. The normalized spacial score (nSPS) is 13.4. The van der Waals surface area contributed by atoms with Crippen LogP contribution < -0.4 is 5.32 Å². The molecule has 0 radical (unpaired) electrons. The minimum atomic E-state index is -2.90. The second kappa shape index (κ2) is 8.37. The maximum absolute atomic E-state index is 11.2. The second-order valence-corrected chi connectivity index (χ2v) is 8.47. The number of rotatable bonds is 8. The fourth-order valence-corrected chi connectivity index (χ4v) is 3.19. The van der Waals surface area contributed by atoms with Crippen LogP contribution >= 0.6 is 27.5 Å². The van der Waals surface area contributed by atoms with Crippen LogP contribution in [-0.4, -0.2) is 27.0 Å². The molecule has 0 spiro atoms. The lowest BCUT2D eigenvalue weighted by Gasteiger charge is -2.19. The zero-order chi connectivity index (χ0) is 15.2. The third kappa shape index (κ3) is 6.57. The van der Waals surface area contributed by atoms with Crippen LogP contribution in [0.2, 0.25) is 5.02 Å². The van der Waals surface area contributed by atoms with Crippen LogP contribution in [0.15, 0.2) is 22.7 Å². The lowest BCUT2D eigenvalue weighted by Crippen LogP contribution is -2.23. The second-order valence-electron chi connectivity index (χ2n) is 4.95. The Morgan fingerprint density at radius 3 is 2.65 bits per heavy atom. The summed E-state index contributed by atoms with van der Waals surface area (Å²) < 4.78 is 23.3. The maximum Gasteiger partial charge on any atom is 0.147 e. The van der Waals surface area contributed by atoms with Gasteiger partial charge in [-0.05, 0) is 59.4 Å². The van der Waals surface area contributed by atoms with E-state index in [-0.39, 0.29) is 11.8 Å². The first-order chi connectivity index (χ1) is 9.33. The molecule has 0 aliphatic carbocycles. The standard InChI is InChI=1S/C14H21BrClNO2S/c1-3-8-17-14(5-4-9-20(2,18)19)11-6-7-13(16)12(15)10-11/h6-7,10,14,17H,3-5,8-9H2,1-2H3. The maximum atomic E-state index is 11.2. The Morgan fingerprint density at radius 2 is 2.10 bits per heavy atom. The van der Waals surface area contributed by atoms with Crippen molar-refractivity contribution in [3.8, 4) is 0 Å². The zero-order valence-corrected chi connectivity index (χ0v) is 15.0. The molecule has 1 unspecified atom stereocenters. The lowest BCUT2D eigenvalue weighted by molar-refractivity contribution is 0.492. The molecular weight excluding hydrogens is 362 g/mol. The molecule has 0 aliphatic heterocycles. The van der Waals surface area contributed by atoms with Gasteiger partial charge in [0, 0.05) is 22.5 Å². The summed E-state index contributed by atoms with van der Waals surface area (Å²) >= 11 is 9.43. The van der Waals surface area contributed by atoms with Crippen LogP contribution in [-0.2, 0) is 9.84 Å². The van der Waals surface area contributed by atoms with E-state index in [0.717, 1.165) is 29.4 Å². The van der Waals surface area contributed by atoms with Gasteiger partial charge in [-0.2, -0.15) is 0 Å². The van der Waals surface area contributed by atoms with E-state index in [0.29, 0.717) is 11.4 Å². The van der Waals surface area contributed by atoms with Crippen molar-refractivity contribution in [3.63, 3.8) is 0 Å². The lowest BCUT2D eigenvalue weighted by atomic mass is 10.0. The van der Waals surface area contributed by atoms with E-state index in [4.69, 9.17) is 11.6 Å². The fraction of sp³-hybridized carbons (Fsp3) is 0.571. The molecule has 0 aliphatic rings. The van der Waals surface area contributed by atoms with E-state index >= 15 is 0 Å². The average Bonchev–Trinajstić information content (AvgIpc) is 2.35. The van der Waals surface area contributed by atoms with Gasteiger partial charge in [0.15, 0.2) is 0 Å². The van der Waals surface area contributed by atoms with Crippen molar-refractivity contribution in [2.45, 2.75) is 32.2 Å². The van der Waals surface area contributed by atoms with Crippen LogP contribution in [0.3, 0.4) is 0 Å². The molecule has 114 valence electrons. The third-order valence-electron chi connectivity index (χ3n) is 2.99. The Morgan fingerprint density at radius 1 is 1.40 bits per heavy atom. The summed E-state index contributed by atoms with van der Waals surface area (Å²) in [5, 5.41) is 4.14. The van der Waals surface area contributed by atoms with Crippen molar-refractivity contribution >= 4 is 37.4 Å². The van der Waals surface area contributed by atoms with Gasteiger partial charge in [-0.3, -0.25) is 0 Å². The Hall–Kier alpha value is -0.100. The summed E-state index contributed by atoms with van der Waals surface area (Å²) in [4.78, 5) is 0. The van der Waals surface area contributed by atoms with Crippen LogP contribution in [0.5, 0.6) is 0 Å². The topological polar surface area (TPSA) is 46.2 Å². The number of sulfone groups is 1. The quantitative estimate of drug-likeness (QED) is 0.740. The van der Waals surface area contributed by atoms with E-state index in [1.165, 1.54) is 6.26 Å². The summed E-state index contributed by atoms with van der Waals surface area (Å²) in [5.74, 6) is 0.228. The molecule has 0 heterocycles. The first-order valence-corrected chi connectivity index (χ1v) is 9.92. The highest BCUT2D eigenvalue weighted by atomic mass is 79.9. The molecule has 0 saturated heterocycles. The molecule has 1 aromatic carbocycles. The fourth-order valence-electron chi connectivity index (χ4n) is 1.98. The van der Waals surface area contributed by atoms with Gasteiger partial charge in [0.05, 0.1) is 5.02 Å². The van der Waals surface area contributed by atoms with Crippen LogP contribution in [0.25, 0.3) is 0 Å². The summed E-state index contributed by atoms with van der Waals surface area (Å²) in [5.41, 5.74) is 1.13. The van der Waals surface area contributed by atoms with E-state index in [1.54, 1.807) is 0 Å². The Labute approximate surface area is 135 Å². The van der Waals surface area contributed by atoms with E-state index in [9.17, 15) is 8.42 Å². The molecule has 1 N–H and O–H groups in total. The molecule has 3 nitrogen and oxygen atoms in total. The van der Waals surface area contributed by atoms with Gasteiger partial charge in [-0.25, -0.2) is 8.42 Å². The van der Waals surface area contributed by atoms with Crippen molar-refractivity contribution in [3.05, 3.63) is 33.3 Å². The van der Waals surface area contributed by atoms with Crippen molar-refractivity contribution in [1.29, 1.82) is 0 Å². The molecule has 1 rings (SSSR count). The van der Waals surface area contributed by atoms with Gasteiger partial charge in [0.1, 0.15) is 9.84 Å². The van der Waals surface area contributed by atoms with Gasteiger partial charge in [0.2, 0.25) is 0 Å². The molecule has 6 heteroatoms. The molecule has 0 bridgehead atoms. The third-order valence-corrected chi connectivity index (χ3v) is 5.24. The predicted molar refractivity (Wildman–Crippen MR) is 89.1 cm³/mol. The van der Waals surface area contributed by atoms with Crippen molar-refractivity contribution < 1.29 is 8.42 Å². The first-order valence-electron chi connectivity index (χ1n) is 6.69. The van der Waals surface area contributed by atoms with Gasteiger partial charge >= 0.3 is 0 Å². The first kappa shape index (κ1) is 18.0. The van der Waals surface area contributed by atoms with E-state index in [2.05, 4.69) is 28.2 Å². The highest BCUT2D eigenvalue weighted by Gasteiger charge is 2.13. The molecule has 1 atom stereocenters. The minimum Gasteiger partial charge on any atom is -0.310 e. The molecule has 0 saturated carbocycles. The molecule has 20 heavy (non-hydrogen) atoms. The Kier molecular flexibility index (Phi) is 7.51. The SMILES string of the molecule is CCCNC(CCCS(C)(=O)=O)c1ccc(Cl)c(Br)c1. The summed E-state index contributed by atoms with van der Waals surface area (Å²) in [6, 6.07) is 6.00. The molecule has 1 aromatic rings. The average molecular weight is 383 g/mol. The summed E-state index contributed by atoms with van der Waals surface area (Å²) in [7, 11) is -2.90. The highest BCUT2D eigenvalue weighted by Crippen LogP contribution is 2.28. The van der Waals surface area contributed by atoms with Crippen LogP contribution in [0, 0.1) is 0 Å². The van der Waals surface area contributed by atoms with Crippen molar-refractivity contribution in [1.82, 2.24) is 5.32 Å². The van der Waals surface area contributed by atoms with E-state index < -0.39 is 9.84 Å². The van der Waals surface area contributed by atoms with Crippen molar-refractivity contribution in [2.24, 2.45) is 0 Å². The zero-order valence-electron chi connectivity index (χ0n) is 11.8. The van der Waals surface area contributed by atoms with E-state index in [1.807, 2.05) is 18.2 Å². The number of hydrogen-bond acceptors (Lipinski definition) is 3. The van der Waals surface area contributed by atoms with Gasteiger partial charge in [0.25, 0.3) is 0 Å². The number of nitrogens with one attached hydrogen (secondary N) is 1. The highest BCUT2D eigenvalue weighted by molar-refractivity contribution is 9.10. The van der Waals surface area contributed by atoms with Crippen LogP contribution in [0.4, 0.5) is 0 Å². The molecule has 0 aromatic heterocycles.